The summed E-state index contributed by atoms with van der Waals surface area (Å²) in [6, 6.07) is 11.3. The number of ether oxygens (including phenoxy) is 1. The molecule has 11 nitrogen and oxygen atoms in total. The zero-order valence-corrected chi connectivity index (χ0v) is 28.5. The third-order valence-corrected chi connectivity index (χ3v) is 9.39. The Morgan fingerprint density at radius 3 is 2.27 bits per heavy atom. The molecule has 0 unspecified atom stereocenters. The Labute approximate surface area is 277 Å². The van der Waals surface area contributed by atoms with E-state index in [9.17, 15) is 28.1 Å². The standard InChI is InChI=1S/C30H33Cl3N4O7S/c1-18-7-10-22(15-25(18)37(40)41)45(42,43)36(26-14-21(31)9-12-27(26)44-6)17-28(38)35(19(2)29(39)34-30(3,4)5)16-20-8-11-23(32)24(33)13-20/h7-15,19H,16-17H2,1-6H3,(H,34,39)/t19-/m0/s1. The number of rotatable bonds is 11. The molecule has 1 N–H and O–H groups in total. The van der Waals surface area contributed by atoms with Gasteiger partial charge >= 0.3 is 0 Å². The van der Waals surface area contributed by atoms with Crippen LogP contribution in [0, 0.1) is 17.0 Å². The fourth-order valence-electron chi connectivity index (χ4n) is 4.34. The summed E-state index contributed by atoms with van der Waals surface area (Å²) in [5, 5.41) is 15.1. The minimum Gasteiger partial charge on any atom is -0.495 e. The van der Waals surface area contributed by atoms with Crippen molar-refractivity contribution in [1.29, 1.82) is 0 Å². The number of nitrogens with zero attached hydrogens (tertiary/aromatic N) is 3. The second kappa shape index (κ2) is 14.2. The molecule has 0 bridgehead atoms. The van der Waals surface area contributed by atoms with Gasteiger partial charge < -0.3 is 15.0 Å². The number of carbonyl (C=O) groups excluding carboxylic acids is 2. The van der Waals surface area contributed by atoms with Gasteiger partial charge in [-0.15, -0.1) is 0 Å². The van der Waals surface area contributed by atoms with E-state index in [4.69, 9.17) is 39.5 Å². The molecule has 3 aromatic carbocycles. The molecular formula is C30H33Cl3N4O7S. The summed E-state index contributed by atoms with van der Waals surface area (Å²) in [7, 11) is -3.35. The van der Waals surface area contributed by atoms with Gasteiger partial charge in [0, 0.05) is 28.7 Å². The first kappa shape index (κ1) is 35.9. The molecule has 0 heterocycles. The topological polar surface area (TPSA) is 139 Å². The van der Waals surface area contributed by atoms with E-state index < -0.39 is 55.5 Å². The lowest BCUT2D eigenvalue weighted by Gasteiger charge is -2.33. The van der Waals surface area contributed by atoms with Crippen LogP contribution in [0.2, 0.25) is 15.1 Å². The highest BCUT2D eigenvalue weighted by Crippen LogP contribution is 2.36. The number of nitrogens with one attached hydrogen (secondary N) is 1. The number of nitro groups is 1. The number of amides is 2. The van der Waals surface area contributed by atoms with Crippen LogP contribution in [0.25, 0.3) is 0 Å². The maximum Gasteiger partial charge on any atom is 0.273 e. The molecule has 3 rings (SSSR count). The van der Waals surface area contributed by atoms with Gasteiger partial charge in [0.15, 0.2) is 0 Å². The van der Waals surface area contributed by atoms with Crippen molar-refractivity contribution in [2.45, 2.75) is 57.6 Å². The number of sulfonamides is 1. The Balaban J connectivity index is 2.18. The number of hydrogen-bond acceptors (Lipinski definition) is 7. The van der Waals surface area contributed by atoms with Crippen LogP contribution in [0.4, 0.5) is 11.4 Å². The minimum absolute atomic E-state index is 0.0620. The summed E-state index contributed by atoms with van der Waals surface area (Å²) in [4.78, 5) is 39.2. The van der Waals surface area contributed by atoms with E-state index in [0.29, 0.717) is 5.56 Å². The zero-order valence-electron chi connectivity index (χ0n) is 25.4. The molecule has 0 aromatic heterocycles. The highest BCUT2D eigenvalue weighted by atomic mass is 35.5. The monoisotopic (exact) mass is 698 g/mol. The number of hydrogen-bond donors (Lipinski definition) is 1. The molecule has 0 spiro atoms. The number of anilines is 1. The molecule has 3 aromatic rings. The Morgan fingerprint density at radius 2 is 1.69 bits per heavy atom. The summed E-state index contributed by atoms with van der Waals surface area (Å²) in [6.07, 6.45) is 0. The van der Waals surface area contributed by atoms with Gasteiger partial charge in [-0.1, -0.05) is 46.9 Å². The second-order valence-electron chi connectivity index (χ2n) is 11.2. The molecule has 0 aliphatic heterocycles. The SMILES string of the molecule is COc1ccc(Cl)cc1N(CC(=O)N(Cc1ccc(Cl)c(Cl)c1)[C@@H](C)C(=O)NC(C)(C)C)S(=O)(=O)c1ccc(C)c([N+](=O)[O-])c1. The minimum atomic E-state index is -4.66. The molecule has 0 radical (unpaired) electrons. The van der Waals surface area contributed by atoms with Gasteiger partial charge in [-0.2, -0.15) is 0 Å². The van der Waals surface area contributed by atoms with Gasteiger partial charge in [-0.05, 0) is 76.6 Å². The Bertz CT molecular complexity index is 1730. The Kier molecular flexibility index (Phi) is 11.4. The molecule has 242 valence electrons. The number of methoxy groups -OCH3 is 1. The lowest BCUT2D eigenvalue weighted by atomic mass is 10.1. The first-order valence-electron chi connectivity index (χ1n) is 13.5. The van der Waals surface area contributed by atoms with E-state index in [1.165, 1.54) is 56.2 Å². The van der Waals surface area contributed by atoms with Crippen LogP contribution in [0.5, 0.6) is 5.75 Å². The maximum atomic E-state index is 14.2. The van der Waals surface area contributed by atoms with Crippen LogP contribution >= 0.6 is 34.8 Å². The molecule has 15 heteroatoms. The van der Waals surface area contributed by atoms with E-state index in [1.807, 2.05) is 0 Å². The first-order chi connectivity index (χ1) is 20.8. The summed E-state index contributed by atoms with van der Waals surface area (Å²) < 4.78 is 34.6. The third-order valence-electron chi connectivity index (χ3n) is 6.66. The number of aryl methyl sites for hydroxylation is 1. The zero-order chi connectivity index (χ0) is 33.9. The van der Waals surface area contributed by atoms with E-state index in [-0.39, 0.29) is 38.6 Å². The average Bonchev–Trinajstić information content (AvgIpc) is 2.94. The summed E-state index contributed by atoms with van der Waals surface area (Å²) >= 11 is 18.5. The molecule has 0 fully saturated rings. The number of halogens is 3. The van der Waals surface area contributed by atoms with E-state index in [2.05, 4.69) is 5.32 Å². The lowest BCUT2D eigenvalue weighted by molar-refractivity contribution is -0.385. The smallest absolute Gasteiger partial charge is 0.273 e. The fraction of sp³-hybridized carbons (Fsp3) is 0.333. The molecule has 2 amide bonds. The molecule has 0 aliphatic carbocycles. The van der Waals surface area contributed by atoms with E-state index in [0.717, 1.165) is 10.4 Å². The van der Waals surface area contributed by atoms with Crippen LogP contribution in [0.3, 0.4) is 0 Å². The third kappa shape index (κ3) is 8.78. The highest BCUT2D eigenvalue weighted by Gasteiger charge is 2.35. The van der Waals surface area contributed by atoms with E-state index in [1.54, 1.807) is 39.0 Å². The summed E-state index contributed by atoms with van der Waals surface area (Å²) in [5.41, 5.74) is -0.379. The van der Waals surface area contributed by atoms with Crippen molar-refractivity contribution in [2.75, 3.05) is 18.0 Å². The van der Waals surface area contributed by atoms with Gasteiger partial charge in [0.1, 0.15) is 18.3 Å². The van der Waals surface area contributed by atoms with Crippen molar-refractivity contribution in [3.8, 4) is 5.75 Å². The van der Waals surface area contributed by atoms with Gasteiger partial charge in [0.2, 0.25) is 11.8 Å². The van der Waals surface area contributed by atoms with Crippen molar-refractivity contribution in [2.24, 2.45) is 0 Å². The fourth-order valence-corrected chi connectivity index (χ4v) is 6.26. The normalized spacial score (nSPS) is 12.3. The van der Waals surface area contributed by atoms with E-state index >= 15 is 0 Å². The second-order valence-corrected chi connectivity index (χ2v) is 14.3. The molecule has 0 saturated heterocycles. The van der Waals surface area contributed by atoms with Crippen molar-refractivity contribution < 1.29 is 27.7 Å². The van der Waals surface area contributed by atoms with Crippen molar-refractivity contribution in [3.63, 3.8) is 0 Å². The molecular weight excluding hydrogens is 667 g/mol. The number of benzene rings is 3. The van der Waals surface area contributed by atoms with Crippen LogP contribution in [0.1, 0.15) is 38.8 Å². The molecule has 45 heavy (non-hydrogen) atoms. The van der Waals surface area contributed by atoms with Crippen LogP contribution in [0.15, 0.2) is 59.5 Å². The van der Waals surface area contributed by atoms with Crippen LogP contribution < -0.4 is 14.4 Å². The average molecular weight is 700 g/mol. The predicted molar refractivity (Wildman–Crippen MR) is 175 cm³/mol. The lowest BCUT2D eigenvalue weighted by Crippen LogP contribution is -2.54. The van der Waals surface area contributed by atoms with Gasteiger partial charge in [-0.25, -0.2) is 8.42 Å². The maximum absolute atomic E-state index is 14.2. The quantitative estimate of drug-likeness (QED) is 0.181. The molecule has 0 saturated carbocycles. The van der Waals surface area contributed by atoms with Crippen molar-refractivity contribution in [1.82, 2.24) is 10.2 Å². The number of nitro benzene ring substituents is 1. The molecule has 1 atom stereocenters. The van der Waals surface area contributed by atoms with Crippen molar-refractivity contribution in [3.05, 3.63) is 90.9 Å². The number of carbonyl (C=O) groups is 2. The van der Waals surface area contributed by atoms with Gasteiger partial charge in [0.25, 0.3) is 15.7 Å². The molecule has 0 aliphatic rings. The van der Waals surface area contributed by atoms with Crippen LogP contribution in [-0.4, -0.2) is 55.3 Å². The summed E-state index contributed by atoms with van der Waals surface area (Å²) in [5.74, 6) is -1.20. The largest absolute Gasteiger partial charge is 0.495 e. The predicted octanol–water partition coefficient (Wildman–Crippen LogP) is 6.40. The van der Waals surface area contributed by atoms with Crippen molar-refractivity contribution >= 4 is 68.0 Å². The Hall–Kier alpha value is -3.58. The van der Waals surface area contributed by atoms with Crippen LogP contribution in [-0.2, 0) is 26.2 Å². The Morgan fingerprint density at radius 1 is 1.02 bits per heavy atom. The van der Waals surface area contributed by atoms with Gasteiger partial charge in [0.05, 0.1) is 32.7 Å². The first-order valence-corrected chi connectivity index (χ1v) is 16.1. The summed E-state index contributed by atoms with van der Waals surface area (Å²) in [6.45, 7) is 7.37. The van der Waals surface area contributed by atoms with Gasteiger partial charge in [-0.3, -0.25) is 24.0 Å². The highest BCUT2D eigenvalue weighted by molar-refractivity contribution is 7.92.